The lowest BCUT2D eigenvalue weighted by Crippen LogP contribution is -2.30. The van der Waals surface area contributed by atoms with Crippen LogP contribution in [0.1, 0.15) is 40.7 Å². The Bertz CT molecular complexity index is 641. The molecule has 5 nitrogen and oxygen atoms in total. The number of pyridine rings is 1. The minimum atomic E-state index is -0.0253. The Kier molecular flexibility index (Phi) is 3.56. The number of nitrogens with zero attached hydrogens (tertiary/aromatic N) is 3. The van der Waals surface area contributed by atoms with E-state index in [2.05, 4.69) is 26.1 Å². The number of rotatable bonds is 2. The molecule has 1 saturated heterocycles. The molecule has 0 aliphatic carbocycles. The van der Waals surface area contributed by atoms with E-state index in [1.807, 2.05) is 17.9 Å². The predicted molar refractivity (Wildman–Crippen MR) is 76.2 cm³/mol. The van der Waals surface area contributed by atoms with Crippen molar-refractivity contribution in [1.29, 1.82) is 0 Å². The quantitative estimate of drug-likeness (QED) is 0.845. The van der Waals surface area contributed by atoms with E-state index in [0.717, 1.165) is 35.3 Å². The standard InChI is InChI=1S/C14H14BrN3O2/c1-9-5-13(20-17-9)12-3-2-4-18(12)14(19)10-6-11(15)8-16-7-10/h5-8,12H,2-4H2,1H3. The van der Waals surface area contributed by atoms with Crippen LogP contribution in [0.5, 0.6) is 0 Å². The number of hydrogen-bond acceptors (Lipinski definition) is 4. The van der Waals surface area contributed by atoms with Gasteiger partial charge in [0.05, 0.1) is 17.3 Å². The summed E-state index contributed by atoms with van der Waals surface area (Å²) < 4.78 is 6.12. The van der Waals surface area contributed by atoms with Crippen LogP contribution in [0.4, 0.5) is 0 Å². The van der Waals surface area contributed by atoms with Gasteiger partial charge in [0.25, 0.3) is 5.91 Å². The van der Waals surface area contributed by atoms with E-state index in [9.17, 15) is 4.79 Å². The molecule has 0 bridgehead atoms. The summed E-state index contributed by atoms with van der Waals surface area (Å²) in [5.74, 6) is 0.742. The molecule has 104 valence electrons. The third-order valence-corrected chi connectivity index (χ3v) is 3.87. The van der Waals surface area contributed by atoms with Crippen LogP contribution < -0.4 is 0 Å². The molecule has 1 aliphatic rings. The van der Waals surface area contributed by atoms with E-state index in [1.165, 1.54) is 0 Å². The number of hydrogen-bond donors (Lipinski definition) is 0. The van der Waals surface area contributed by atoms with Gasteiger partial charge in [-0.15, -0.1) is 0 Å². The van der Waals surface area contributed by atoms with Gasteiger partial charge in [-0.1, -0.05) is 5.16 Å². The van der Waals surface area contributed by atoms with Gasteiger partial charge in [0.15, 0.2) is 5.76 Å². The monoisotopic (exact) mass is 335 g/mol. The fourth-order valence-electron chi connectivity index (χ4n) is 2.54. The summed E-state index contributed by atoms with van der Waals surface area (Å²) in [6.07, 6.45) is 5.13. The second-order valence-corrected chi connectivity index (χ2v) is 5.83. The molecule has 1 unspecified atom stereocenters. The summed E-state index contributed by atoms with van der Waals surface area (Å²) in [5.41, 5.74) is 1.42. The Morgan fingerprint density at radius 2 is 2.30 bits per heavy atom. The molecule has 20 heavy (non-hydrogen) atoms. The van der Waals surface area contributed by atoms with Crippen molar-refractivity contribution in [3.8, 4) is 0 Å². The van der Waals surface area contributed by atoms with Crippen LogP contribution in [-0.4, -0.2) is 27.5 Å². The Hall–Kier alpha value is -1.69. The Labute approximate surface area is 125 Å². The van der Waals surface area contributed by atoms with Crippen molar-refractivity contribution < 1.29 is 9.32 Å². The van der Waals surface area contributed by atoms with Crippen LogP contribution in [0.2, 0.25) is 0 Å². The van der Waals surface area contributed by atoms with Crippen LogP contribution in [0.15, 0.2) is 33.5 Å². The zero-order valence-electron chi connectivity index (χ0n) is 11.0. The molecule has 1 aliphatic heterocycles. The van der Waals surface area contributed by atoms with Crippen molar-refractivity contribution in [3.63, 3.8) is 0 Å². The number of carbonyl (C=O) groups is 1. The molecule has 6 heteroatoms. The fourth-order valence-corrected chi connectivity index (χ4v) is 2.91. The van der Waals surface area contributed by atoms with Gasteiger partial charge in [-0.05, 0) is 41.8 Å². The molecule has 2 aromatic rings. The molecular formula is C14H14BrN3O2. The normalized spacial score (nSPS) is 18.5. The van der Waals surface area contributed by atoms with E-state index in [4.69, 9.17) is 4.52 Å². The number of carbonyl (C=O) groups excluding carboxylic acids is 1. The highest BCUT2D eigenvalue weighted by atomic mass is 79.9. The number of halogens is 1. The van der Waals surface area contributed by atoms with E-state index in [1.54, 1.807) is 18.5 Å². The Balaban J connectivity index is 1.87. The van der Waals surface area contributed by atoms with Gasteiger partial charge in [-0.3, -0.25) is 9.78 Å². The molecule has 3 heterocycles. The van der Waals surface area contributed by atoms with Crippen molar-refractivity contribution in [3.05, 3.63) is 46.0 Å². The van der Waals surface area contributed by atoms with Crippen molar-refractivity contribution in [1.82, 2.24) is 15.0 Å². The van der Waals surface area contributed by atoms with Crippen LogP contribution in [0, 0.1) is 6.92 Å². The highest BCUT2D eigenvalue weighted by molar-refractivity contribution is 9.10. The third-order valence-electron chi connectivity index (χ3n) is 3.44. The molecule has 2 aromatic heterocycles. The summed E-state index contributed by atoms with van der Waals surface area (Å²) in [7, 11) is 0. The van der Waals surface area contributed by atoms with E-state index in [-0.39, 0.29) is 11.9 Å². The third kappa shape index (κ3) is 2.47. The van der Waals surface area contributed by atoms with Crippen molar-refractivity contribution in [2.24, 2.45) is 0 Å². The van der Waals surface area contributed by atoms with Gasteiger partial charge in [-0.2, -0.15) is 0 Å². The van der Waals surface area contributed by atoms with Crippen molar-refractivity contribution >= 4 is 21.8 Å². The van der Waals surface area contributed by atoms with Gasteiger partial charge in [-0.25, -0.2) is 0 Å². The first-order valence-corrected chi connectivity index (χ1v) is 7.29. The maximum Gasteiger partial charge on any atom is 0.256 e. The first kappa shape index (κ1) is 13.3. The molecular weight excluding hydrogens is 322 g/mol. The van der Waals surface area contributed by atoms with Crippen LogP contribution >= 0.6 is 15.9 Å². The SMILES string of the molecule is Cc1cc(C2CCCN2C(=O)c2cncc(Br)c2)on1. The molecule has 1 atom stereocenters. The van der Waals surface area contributed by atoms with Crippen LogP contribution in [0.25, 0.3) is 0 Å². The molecule has 3 rings (SSSR count). The molecule has 0 radical (unpaired) electrons. The van der Waals surface area contributed by atoms with Gasteiger partial charge in [0.1, 0.15) is 0 Å². The van der Waals surface area contributed by atoms with Gasteiger partial charge in [0, 0.05) is 29.5 Å². The largest absolute Gasteiger partial charge is 0.359 e. The minimum Gasteiger partial charge on any atom is -0.359 e. The zero-order chi connectivity index (χ0) is 14.1. The minimum absolute atomic E-state index is 0.0182. The summed E-state index contributed by atoms with van der Waals surface area (Å²) >= 11 is 3.34. The van der Waals surface area contributed by atoms with Crippen LogP contribution in [0.3, 0.4) is 0 Å². The van der Waals surface area contributed by atoms with Crippen molar-refractivity contribution in [2.75, 3.05) is 6.54 Å². The summed E-state index contributed by atoms with van der Waals surface area (Å²) in [4.78, 5) is 18.5. The molecule has 1 amide bonds. The van der Waals surface area contributed by atoms with Crippen molar-refractivity contribution in [2.45, 2.75) is 25.8 Å². The lowest BCUT2D eigenvalue weighted by Gasteiger charge is -2.22. The van der Waals surface area contributed by atoms with Gasteiger partial charge in [0.2, 0.25) is 0 Å². The van der Waals surface area contributed by atoms with Gasteiger partial charge < -0.3 is 9.42 Å². The molecule has 0 N–H and O–H groups in total. The highest BCUT2D eigenvalue weighted by Gasteiger charge is 2.33. The number of likely N-dealkylation sites (tertiary alicyclic amines) is 1. The van der Waals surface area contributed by atoms with E-state index < -0.39 is 0 Å². The first-order chi connectivity index (χ1) is 9.65. The molecule has 1 fully saturated rings. The van der Waals surface area contributed by atoms with Gasteiger partial charge >= 0.3 is 0 Å². The second kappa shape index (κ2) is 5.36. The molecule has 0 aromatic carbocycles. The lowest BCUT2D eigenvalue weighted by atomic mass is 10.1. The van der Waals surface area contributed by atoms with Crippen LogP contribution in [-0.2, 0) is 0 Å². The highest BCUT2D eigenvalue weighted by Crippen LogP contribution is 2.33. The Morgan fingerprint density at radius 1 is 1.45 bits per heavy atom. The summed E-state index contributed by atoms with van der Waals surface area (Å²) in [6, 6.07) is 3.66. The molecule has 0 saturated carbocycles. The van der Waals surface area contributed by atoms with E-state index >= 15 is 0 Å². The maximum absolute atomic E-state index is 12.6. The topological polar surface area (TPSA) is 59.2 Å². The summed E-state index contributed by atoms with van der Waals surface area (Å²) in [5, 5.41) is 3.91. The predicted octanol–water partition coefficient (Wildman–Crippen LogP) is 3.12. The zero-order valence-corrected chi connectivity index (χ0v) is 12.6. The average molecular weight is 336 g/mol. The maximum atomic E-state index is 12.6. The average Bonchev–Trinajstić information content (AvgIpc) is 3.06. The number of aryl methyl sites for hydroxylation is 1. The van der Waals surface area contributed by atoms with E-state index in [0.29, 0.717) is 5.56 Å². The smallest absolute Gasteiger partial charge is 0.256 e. The lowest BCUT2D eigenvalue weighted by molar-refractivity contribution is 0.0714. The fraction of sp³-hybridized carbons (Fsp3) is 0.357. The summed E-state index contributed by atoms with van der Waals surface area (Å²) in [6.45, 7) is 2.61. The molecule has 0 spiro atoms. The Morgan fingerprint density at radius 3 is 3.00 bits per heavy atom. The second-order valence-electron chi connectivity index (χ2n) is 4.92. The first-order valence-electron chi connectivity index (χ1n) is 6.50. The number of aromatic nitrogens is 2. The number of amides is 1.